The van der Waals surface area contributed by atoms with E-state index in [2.05, 4.69) is 18.4 Å². The topological polar surface area (TPSA) is 34.9 Å². The molecule has 1 aromatic heterocycles. The highest BCUT2D eigenvalue weighted by Crippen LogP contribution is 2.25. The van der Waals surface area contributed by atoms with Gasteiger partial charge in [0.15, 0.2) is 0 Å². The lowest BCUT2D eigenvalue weighted by Crippen LogP contribution is -2.28. The standard InChI is InChI=1S/C24H21FN2O/c1-2-5-20-6-3-4-7-23-26-22-16-18(12-15-21(22)24(28)27(20)23)9-8-17-10-13-19(25)14-11-17/h2,10-16,20H,1,3-7H2. The maximum Gasteiger partial charge on any atom is 0.261 e. The van der Waals surface area contributed by atoms with Crippen LogP contribution in [0, 0.1) is 17.7 Å². The van der Waals surface area contributed by atoms with Crippen molar-refractivity contribution in [1.82, 2.24) is 9.55 Å². The summed E-state index contributed by atoms with van der Waals surface area (Å²) in [4.78, 5) is 18.0. The summed E-state index contributed by atoms with van der Waals surface area (Å²) in [7, 11) is 0. The lowest BCUT2D eigenvalue weighted by atomic mass is 10.1. The predicted octanol–water partition coefficient (Wildman–Crippen LogP) is 4.78. The van der Waals surface area contributed by atoms with Gasteiger partial charge in [0.05, 0.1) is 10.9 Å². The first kappa shape index (κ1) is 18.2. The summed E-state index contributed by atoms with van der Waals surface area (Å²) >= 11 is 0. The summed E-state index contributed by atoms with van der Waals surface area (Å²) in [6.45, 7) is 3.84. The van der Waals surface area contributed by atoms with E-state index in [0.717, 1.165) is 49.1 Å². The van der Waals surface area contributed by atoms with E-state index in [1.165, 1.54) is 12.1 Å². The van der Waals surface area contributed by atoms with Crippen LogP contribution in [0.4, 0.5) is 4.39 Å². The van der Waals surface area contributed by atoms with Crippen LogP contribution in [-0.2, 0) is 6.42 Å². The van der Waals surface area contributed by atoms with Gasteiger partial charge in [-0.3, -0.25) is 9.36 Å². The molecular formula is C24H21FN2O. The van der Waals surface area contributed by atoms with E-state index in [1.54, 1.807) is 12.1 Å². The Kier molecular flexibility index (Phi) is 5.08. The SMILES string of the molecule is C=CCC1CCCCc2nc3cc(C#Cc4ccc(F)cc4)ccc3c(=O)n21. The Hall–Kier alpha value is -3.19. The van der Waals surface area contributed by atoms with Crippen molar-refractivity contribution in [3.63, 3.8) is 0 Å². The molecule has 0 amide bonds. The Bertz CT molecular complexity index is 1150. The quantitative estimate of drug-likeness (QED) is 0.479. The lowest BCUT2D eigenvalue weighted by Gasteiger charge is -2.19. The van der Waals surface area contributed by atoms with Crippen molar-refractivity contribution >= 4 is 10.9 Å². The van der Waals surface area contributed by atoms with Crippen LogP contribution in [0.5, 0.6) is 0 Å². The molecular weight excluding hydrogens is 351 g/mol. The molecule has 28 heavy (non-hydrogen) atoms. The first-order chi connectivity index (χ1) is 13.7. The van der Waals surface area contributed by atoms with Crippen LogP contribution in [-0.4, -0.2) is 9.55 Å². The second-order valence-electron chi connectivity index (χ2n) is 7.12. The van der Waals surface area contributed by atoms with Crippen molar-refractivity contribution in [3.8, 4) is 11.8 Å². The molecule has 4 heteroatoms. The molecule has 0 saturated carbocycles. The summed E-state index contributed by atoms with van der Waals surface area (Å²) in [5.74, 6) is 6.67. The minimum absolute atomic E-state index is 0.0202. The molecule has 1 aliphatic heterocycles. The lowest BCUT2D eigenvalue weighted by molar-refractivity contribution is 0.454. The van der Waals surface area contributed by atoms with Gasteiger partial charge in [0.1, 0.15) is 11.6 Å². The summed E-state index contributed by atoms with van der Waals surface area (Å²) in [6, 6.07) is 11.7. The zero-order valence-corrected chi connectivity index (χ0v) is 15.6. The van der Waals surface area contributed by atoms with Crippen LogP contribution >= 0.6 is 0 Å². The van der Waals surface area contributed by atoms with Crippen LogP contribution in [0.15, 0.2) is 59.9 Å². The molecule has 1 aliphatic rings. The largest absolute Gasteiger partial charge is 0.293 e. The van der Waals surface area contributed by atoms with Crippen LogP contribution in [0.1, 0.15) is 48.7 Å². The molecule has 0 saturated heterocycles. The van der Waals surface area contributed by atoms with Crippen molar-refractivity contribution in [2.45, 2.75) is 38.1 Å². The minimum Gasteiger partial charge on any atom is -0.293 e. The fourth-order valence-corrected chi connectivity index (χ4v) is 3.76. The summed E-state index contributed by atoms with van der Waals surface area (Å²) < 4.78 is 14.9. The third-order valence-electron chi connectivity index (χ3n) is 5.16. The number of halogens is 1. The molecule has 0 spiro atoms. The third-order valence-corrected chi connectivity index (χ3v) is 5.16. The zero-order chi connectivity index (χ0) is 19.5. The fraction of sp³-hybridized carbons (Fsp3) is 0.250. The van der Waals surface area contributed by atoms with Gasteiger partial charge in [-0.25, -0.2) is 9.37 Å². The molecule has 0 fully saturated rings. The molecule has 0 bridgehead atoms. The number of hydrogen-bond donors (Lipinski definition) is 0. The average molecular weight is 372 g/mol. The van der Waals surface area contributed by atoms with Gasteiger partial charge in [-0.2, -0.15) is 0 Å². The van der Waals surface area contributed by atoms with E-state index in [4.69, 9.17) is 4.98 Å². The molecule has 140 valence electrons. The van der Waals surface area contributed by atoms with Crippen LogP contribution in [0.25, 0.3) is 10.9 Å². The molecule has 4 rings (SSSR count). The van der Waals surface area contributed by atoms with Gasteiger partial charge >= 0.3 is 0 Å². The first-order valence-electron chi connectivity index (χ1n) is 9.59. The average Bonchev–Trinajstić information content (AvgIpc) is 2.90. The normalized spacial score (nSPS) is 16.0. The molecule has 3 aromatic rings. The first-order valence-corrected chi connectivity index (χ1v) is 9.59. The second-order valence-corrected chi connectivity index (χ2v) is 7.12. The highest BCUT2D eigenvalue weighted by atomic mass is 19.1. The summed E-state index contributed by atoms with van der Waals surface area (Å²) in [5.41, 5.74) is 2.22. The predicted molar refractivity (Wildman–Crippen MR) is 110 cm³/mol. The molecule has 3 nitrogen and oxygen atoms in total. The van der Waals surface area contributed by atoms with E-state index in [9.17, 15) is 9.18 Å². The number of benzene rings is 2. The number of rotatable bonds is 2. The Morgan fingerprint density at radius 3 is 2.68 bits per heavy atom. The van der Waals surface area contributed by atoms with E-state index in [-0.39, 0.29) is 17.4 Å². The zero-order valence-electron chi connectivity index (χ0n) is 15.6. The molecule has 1 unspecified atom stereocenters. The third kappa shape index (κ3) is 3.61. The minimum atomic E-state index is -0.281. The van der Waals surface area contributed by atoms with Crippen molar-refractivity contribution < 1.29 is 4.39 Å². The number of aromatic nitrogens is 2. The van der Waals surface area contributed by atoms with Gasteiger partial charge < -0.3 is 0 Å². The van der Waals surface area contributed by atoms with Crippen molar-refractivity contribution in [3.05, 3.63) is 88.2 Å². The highest BCUT2D eigenvalue weighted by Gasteiger charge is 2.21. The maximum atomic E-state index is 13.2. The Morgan fingerprint density at radius 1 is 1.14 bits per heavy atom. The molecule has 0 aliphatic carbocycles. The maximum absolute atomic E-state index is 13.2. The number of allylic oxidation sites excluding steroid dienone is 1. The number of aryl methyl sites for hydroxylation is 1. The van der Waals surface area contributed by atoms with Gasteiger partial charge in [-0.15, -0.1) is 6.58 Å². The monoisotopic (exact) mass is 372 g/mol. The van der Waals surface area contributed by atoms with Crippen molar-refractivity contribution in [2.75, 3.05) is 0 Å². The molecule has 0 radical (unpaired) electrons. The number of fused-ring (bicyclic) bond motifs is 2. The van der Waals surface area contributed by atoms with Crippen molar-refractivity contribution in [1.29, 1.82) is 0 Å². The van der Waals surface area contributed by atoms with Crippen LogP contribution < -0.4 is 5.56 Å². The van der Waals surface area contributed by atoms with Crippen LogP contribution in [0.3, 0.4) is 0 Å². The van der Waals surface area contributed by atoms with Gasteiger partial charge in [0.25, 0.3) is 5.56 Å². The van der Waals surface area contributed by atoms with Crippen molar-refractivity contribution in [2.24, 2.45) is 0 Å². The van der Waals surface area contributed by atoms with Gasteiger partial charge in [-0.05, 0) is 61.7 Å². The molecule has 0 N–H and O–H groups in total. The summed E-state index contributed by atoms with van der Waals surface area (Å²) in [5, 5.41) is 0.618. The number of hydrogen-bond acceptors (Lipinski definition) is 2. The molecule has 1 atom stereocenters. The van der Waals surface area contributed by atoms with E-state index in [1.807, 2.05) is 28.8 Å². The highest BCUT2D eigenvalue weighted by molar-refractivity contribution is 5.79. The van der Waals surface area contributed by atoms with Gasteiger partial charge in [-0.1, -0.05) is 24.3 Å². The van der Waals surface area contributed by atoms with Crippen LogP contribution in [0.2, 0.25) is 0 Å². The van der Waals surface area contributed by atoms with E-state index in [0.29, 0.717) is 10.9 Å². The van der Waals surface area contributed by atoms with Gasteiger partial charge in [0.2, 0.25) is 0 Å². The Balaban J connectivity index is 1.77. The van der Waals surface area contributed by atoms with E-state index < -0.39 is 0 Å². The molecule has 2 aromatic carbocycles. The van der Waals surface area contributed by atoms with E-state index >= 15 is 0 Å². The summed E-state index contributed by atoms with van der Waals surface area (Å²) in [6.07, 6.45) is 6.57. The smallest absolute Gasteiger partial charge is 0.261 e. The Morgan fingerprint density at radius 2 is 1.89 bits per heavy atom. The number of nitrogens with zero attached hydrogens (tertiary/aromatic N) is 2. The second kappa shape index (κ2) is 7.82. The molecule has 2 heterocycles. The fourth-order valence-electron chi connectivity index (χ4n) is 3.76. The van der Waals surface area contributed by atoms with Gasteiger partial charge in [0, 0.05) is 23.6 Å². The Labute approximate surface area is 163 Å².